The smallest absolute Gasteiger partial charge is 0.328 e. The minimum atomic E-state index is -1.04. The number of aromatic nitrogens is 1. The van der Waals surface area contributed by atoms with Crippen LogP contribution < -0.4 is 5.32 Å². The number of carboxylic acids is 1. The van der Waals surface area contributed by atoms with E-state index >= 15 is 0 Å². The summed E-state index contributed by atoms with van der Waals surface area (Å²) < 4.78 is 5.06. The highest BCUT2D eigenvalue weighted by atomic mass is 16.4. The zero-order valence-corrected chi connectivity index (χ0v) is 11.6. The van der Waals surface area contributed by atoms with Gasteiger partial charge in [0.15, 0.2) is 0 Å². The van der Waals surface area contributed by atoms with E-state index in [-0.39, 0.29) is 11.9 Å². The number of hydrogen-bond acceptors (Lipinski definition) is 4. The second-order valence-electron chi connectivity index (χ2n) is 4.55. The van der Waals surface area contributed by atoms with Crippen molar-refractivity contribution in [2.45, 2.75) is 13.8 Å². The van der Waals surface area contributed by atoms with Gasteiger partial charge in [0.05, 0.1) is 5.69 Å². The van der Waals surface area contributed by atoms with E-state index in [4.69, 9.17) is 9.52 Å². The van der Waals surface area contributed by atoms with Crippen molar-refractivity contribution in [2.24, 2.45) is 0 Å². The van der Waals surface area contributed by atoms with E-state index in [2.05, 4.69) is 10.3 Å². The second-order valence-corrected chi connectivity index (χ2v) is 4.55. The number of rotatable bonds is 4. The van der Waals surface area contributed by atoms with Crippen molar-refractivity contribution in [3.8, 4) is 0 Å². The molecule has 0 saturated carbocycles. The summed E-state index contributed by atoms with van der Waals surface area (Å²) in [6.07, 6.45) is 3.89. The number of benzene rings is 1. The molecule has 0 aliphatic rings. The highest BCUT2D eigenvalue weighted by Crippen LogP contribution is 2.14. The maximum atomic E-state index is 12.1. The molecule has 21 heavy (non-hydrogen) atoms. The lowest BCUT2D eigenvalue weighted by molar-refractivity contribution is -0.131. The van der Waals surface area contributed by atoms with Gasteiger partial charge in [-0.1, -0.05) is 6.07 Å². The lowest BCUT2D eigenvalue weighted by atomic mass is 10.1. The Morgan fingerprint density at radius 1 is 1.29 bits per heavy atom. The first-order valence-corrected chi connectivity index (χ1v) is 6.20. The molecule has 0 atom stereocenters. The molecule has 1 amide bonds. The van der Waals surface area contributed by atoms with Crippen LogP contribution in [0.3, 0.4) is 0 Å². The number of anilines is 1. The van der Waals surface area contributed by atoms with Crippen LogP contribution in [0.4, 0.5) is 6.01 Å². The normalized spacial score (nSPS) is 10.8. The van der Waals surface area contributed by atoms with Crippen molar-refractivity contribution in [2.75, 3.05) is 5.32 Å². The van der Waals surface area contributed by atoms with Crippen LogP contribution in [0.1, 0.15) is 27.2 Å². The molecule has 0 unspecified atom stereocenters. The largest absolute Gasteiger partial charge is 0.478 e. The molecule has 2 aromatic rings. The van der Waals surface area contributed by atoms with E-state index in [0.717, 1.165) is 11.6 Å². The lowest BCUT2D eigenvalue weighted by Crippen LogP contribution is -2.12. The van der Waals surface area contributed by atoms with Gasteiger partial charge in [-0.15, -0.1) is 0 Å². The molecule has 6 nitrogen and oxygen atoms in total. The first kappa shape index (κ1) is 14.5. The van der Waals surface area contributed by atoms with E-state index in [9.17, 15) is 9.59 Å². The molecule has 1 aromatic heterocycles. The first-order chi connectivity index (χ1) is 9.94. The van der Waals surface area contributed by atoms with Gasteiger partial charge in [-0.25, -0.2) is 4.79 Å². The first-order valence-electron chi connectivity index (χ1n) is 6.20. The average Bonchev–Trinajstić information content (AvgIpc) is 2.81. The second kappa shape index (κ2) is 6.04. The number of carbonyl (C=O) groups excluding carboxylic acids is 1. The van der Waals surface area contributed by atoms with Crippen LogP contribution in [-0.4, -0.2) is 22.0 Å². The third-order valence-electron chi connectivity index (χ3n) is 2.62. The summed E-state index contributed by atoms with van der Waals surface area (Å²) in [5.74, 6) is -1.41. The van der Waals surface area contributed by atoms with Crippen molar-refractivity contribution in [3.63, 3.8) is 0 Å². The number of aliphatic carboxylic acids is 1. The standard InChI is InChI=1S/C15H14N2O4/c1-9-5-11(3-4-13(18)19)7-12(6-9)14(20)17-15-16-10(2)8-21-15/h3-8H,1-2H3,(H,18,19)(H,16,17,20)/b4-3+. The molecule has 6 heteroatoms. The Morgan fingerprint density at radius 3 is 2.67 bits per heavy atom. The fourth-order valence-corrected chi connectivity index (χ4v) is 1.79. The van der Waals surface area contributed by atoms with Crippen LogP contribution in [0.2, 0.25) is 0 Å². The van der Waals surface area contributed by atoms with E-state index in [1.54, 1.807) is 25.1 Å². The molecular weight excluding hydrogens is 272 g/mol. The van der Waals surface area contributed by atoms with Crippen LogP contribution in [0, 0.1) is 13.8 Å². The Kier molecular flexibility index (Phi) is 4.18. The quantitative estimate of drug-likeness (QED) is 0.843. The Morgan fingerprint density at radius 2 is 2.05 bits per heavy atom. The Bertz CT molecular complexity index is 716. The van der Waals surface area contributed by atoms with Crippen LogP contribution in [-0.2, 0) is 4.79 Å². The van der Waals surface area contributed by atoms with Crippen molar-refractivity contribution >= 4 is 24.0 Å². The Hall–Kier alpha value is -2.89. The topological polar surface area (TPSA) is 92.4 Å². The van der Waals surface area contributed by atoms with Gasteiger partial charge in [-0.3, -0.25) is 10.1 Å². The Labute approximate surface area is 121 Å². The maximum Gasteiger partial charge on any atom is 0.328 e. The fourth-order valence-electron chi connectivity index (χ4n) is 1.79. The lowest BCUT2D eigenvalue weighted by Gasteiger charge is -2.04. The van der Waals surface area contributed by atoms with Gasteiger partial charge in [0.1, 0.15) is 6.26 Å². The predicted molar refractivity (Wildman–Crippen MR) is 77.0 cm³/mol. The number of nitrogens with one attached hydrogen (secondary N) is 1. The molecule has 2 N–H and O–H groups in total. The highest BCUT2D eigenvalue weighted by molar-refractivity contribution is 6.03. The summed E-state index contributed by atoms with van der Waals surface area (Å²) in [5, 5.41) is 11.2. The monoisotopic (exact) mass is 286 g/mol. The van der Waals surface area contributed by atoms with Crippen molar-refractivity contribution < 1.29 is 19.1 Å². The molecular formula is C15H14N2O4. The summed E-state index contributed by atoms with van der Waals surface area (Å²) >= 11 is 0. The number of nitrogens with zero attached hydrogens (tertiary/aromatic N) is 1. The molecule has 108 valence electrons. The predicted octanol–water partition coefficient (Wildman–Crippen LogP) is 2.64. The molecule has 0 aliphatic heterocycles. The fraction of sp³-hybridized carbons (Fsp3) is 0.133. The van der Waals surface area contributed by atoms with Crippen LogP contribution in [0.5, 0.6) is 0 Å². The van der Waals surface area contributed by atoms with Gasteiger partial charge >= 0.3 is 12.0 Å². The third kappa shape index (κ3) is 4.04. The van der Waals surface area contributed by atoms with Gasteiger partial charge < -0.3 is 9.52 Å². The van der Waals surface area contributed by atoms with E-state index in [0.29, 0.717) is 16.8 Å². The van der Waals surface area contributed by atoms with Crippen LogP contribution in [0.25, 0.3) is 6.08 Å². The summed E-state index contributed by atoms with van der Waals surface area (Å²) in [6, 6.07) is 5.20. The molecule has 2 rings (SSSR count). The number of oxazole rings is 1. The zero-order chi connectivity index (χ0) is 15.4. The van der Waals surface area contributed by atoms with Crippen molar-refractivity contribution in [3.05, 3.63) is 52.9 Å². The molecule has 1 heterocycles. The average molecular weight is 286 g/mol. The van der Waals surface area contributed by atoms with Gasteiger partial charge in [-0.2, -0.15) is 4.98 Å². The molecule has 0 bridgehead atoms. The molecule has 0 aliphatic carbocycles. The van der Waals surface area contributed by atoms with Crippen LogP contribution in [0.15, 0.2) is 35.0 Å². The van der Waals surface area contributed by atoms with Gasteiger partial charge in [0.2, 0.25) is 0 Å². The minimum absolute atomic E-state index is 0.127. The van der Waals surface area contributed by atoms with Crippen molar-refractivity contribution in [1.29, 1.82) is 0 Å². The maximum absolute atomic E-state index is 12.1. The summed E-state index contributed by atoms with van der Waals surface area (Å²) in [4.78, 5) is 26.6. The van der Waals surface area contributed by atoms with E-state index in [1.165, 1.54) is 12.3 Å². The minimum Gasteiger partial charge on any atom is -0.478 e. The number of aryl methyl sites for hydroxylation is 2. The molecule has 0 fully saturated rings. The van der Waals surface area contributed by atoms with Gasteiger partial charge in [0.25, 0.3) is 5.91 Å². The number of carbonyl (C=O) groups is 2. The van der Waals surface area contributed by atoms with Gasteiger partial charge in [0, 0.05) is 11.6 Å². The molecule has 1 aromatic carbocycles. The number of hydrogen-bond donors (Lipinski definition) is 2. The SMILES string of the molecule is Cc1cc(/C=C/C(=O)O)cc(C(=O)Nc2nc(C)co2)c1. The zero-order valence-electron chi connectivity index (χ0n) is 11.6. The molecule has 0 radical (unpaired) electrons. The van der Waals surface area contributed by atoms with Gasteiger partial charge in [-0.05, 0) is 43.2 Å². The van der Waals surface area contributed by atoms with E-state index in [1.807, 2.05) is 6.92 Å². The Balaban J connectivity index is 2.22. The molecule has 0 spiro atoms. The summed E-state index contributed by atoms with van der Waals surface area (Å²) in [5.41, 5.74) is 2.54. The highest BCUT2D eigenvalue weighted by Gasteiger charge is 2.10. The van der Waals surface area contributed by atoms with E-state index < -0.39 is 5.97 Å². The van der Waals surface area contributed by atoms with Crippen molar-refractivity contribution in [1.82, 2.24) is 4.98 Å². The summed E-state index contributed by atoms with van der Waals surface area (Å²) in [6.45, 7) is 3.57. The number of amides is 1. The third-order valence-corrected chi connectivity index (χ3v) is 2.62. The molecule has 0 saturated heterocycles. The van der Waals surface area contributed by atoms with Crippen LogP contribution >= 0.6 is 0 Å². The number of carboxylic acid groups (broad SMARTS) is 1. The summed E-state index contributed by atoms with van der Waals surface area (Å²) in [7, 11) is 0.